The third-order valence-electron chi connectivity index (χ3n) is 6.62. The minimum absolute atomic E-state index is 0.0618. The van der Waals surface area contributed by atoms with E-state index >= 15 is 0 Å². The van der Waals surface area contributed by atoms with Gasteiger partial charge in [-0.25, -0.2) is 4.39 Å². The maximum Gasteiger partial charge on any atom is 0.416 e. The van der Waals surface area contributed by atoms with Gasteiger partial charge in [-0.2, -0.15) is 13.2 Å². The quantitative estimate of drug-likeness (QED) is 0.222. The second-order valence-electron chi connectivity index (χ2n) is 10.2. The van der Waals surface area contributed by atoms with Crippen LogP contribution in [0.3, 0.4) is 0 Å². The number of aromatic nitrogens is 1. The fourth-order valence-electron chi connectivity index (χ4n) is 4.60. The molecule has 0 radical (unpaired) electrons. The number of halogens is 4. The number of amides is 2. The fourth-order valence-corrected chi connectivity index (χ4v) is 4.60. The summed E-state index contributed by atoms with van der Waals surface area (Å²) in [6.07, 6.45) is -2.07. The maximum absolute atomic E-state index is 13.7. The number of H-pyrrole nitrogens is 1. The predicted molar refractivity (Wildman–Crippen MR) is 146 cm³/mol. The van der Waals surface area contributed by atoms with Crippen LogP contribution >= 0.6 is 0 Å². The number of benzene rings is 3. The molecule has 0 unspecified atom stereocenters. The van der Waals surface area contributed by atoms with Crippen LogP contribution in [0.25, 0.3) is 10.9 Å². The number of aromatic amines is 1. The van der Waals surface area contributed by atoms with Crippen LogP contribution in [-0.2, 0) is 23.9 Å². The molecule has 0 spiro atoms. The Morgan fingerprint density at radius 2 is 1.57 bits per heavy atom. The van der Waals surface area contributed by atoms with Gasteiger partial charge in [0.2, 0.25) is 5.91 Å². The van der Waals surface area contributed by atoms with E-state index in [0.717, 1.165) is 28.6 Å². The van der Waals surface area contributed by atoms with E-state index in [1.165, 1.54) is 41.3 Å². The molecule has 3 aromatic carbocycles. The first kappa shape index (κ1) is 28.9. The SMILES string of the molecule is CC(C)CN(CC(=O)N(CCc1c[nH]c2ccccc12)Cc1ccc(C(F)(F)F)cc1)C(=O)c1ccc(F)cc1. The molecule has 0 aliphatic heterocycles. The summed E-state index contributed by atoms with van der Waals surface area (Å²) in [5, 5.41) is 1.03. The van der Waals surface area contributed by atoms with Gasteiger partial charge in [-0.05, 0) is 65.9 Å². The Hall–Kier alpha value is -4.14. The standard InChI is InChI=1S/C31H31F4N3O2/c1-21(2)18-38(30(40)23-9-13-26(32)14-10-23)20-29(39)37(19-22-7-11-25(12-8-22)31(33,34)35)16-15-24-17-36-28-6-4-3-5-27(24)28/h3-14,17,21,36H,15-16,18-20H2,1-2H3. The topological polar surface area (TPSA) is 56.4 Å². The summed E-state index contributed by atoms with van der Waals surface area (Å²) in [5.41, 5.74) is 2.01. The molecule has 0 fully saturated rings. The minimum atomic E-state index is -4.46. The normalized spacial score (nSPS) is 11.7. The summed E-state index contributed by atoms with van der Waals surface area (Å²) in [5.74, 6) is -1.14. The van der Waals surface area contributed by atoms with E-state index in [1.54, 1.807) is 4.90 Å². The summed E-state index contributed by atoms with van der Waals surface area (Å²) in [6, 6.07) is 17.7. The van der Waals surface area contributed by atoms with Gasteiger partial charge in [0.15, 0.2) is 0 Å². The molecule has 0 atom stereocenters. The summed E-state index contributed by atoms with van der Waals surface area (Å²) in [7, 11) is 0. The Bertz CT molecular complexity index is 1440. The van der Waals surface area contributed by atoms with Crippen LogP contribution in [0.15, 0.2) is 79.0 Å². The van der Waals surface area contributed by atoms with Crippen LogP contribution in [0.2, 0.25) is 0 Å². The van der Waals surface area contributed by atoms with Crippen LogP contribution in [-0.4, -0.2) is 46.2 Å². The molecule has 0 bridgehead atoms. The van der Waals surface area contributed by atoms with Gasteiger partial charge >= 0.3 is 6.18 Å². The fraction of sp³-hybridized carbons (Fsp3) is 0.290. The lowest BCUT2D eigenvalue weighted by atomic mass is 10.1. The van der Waals surface area contributed by atoms with Gasteiger partial charge in [-0.1, -0.05) is 44.2 Å². The second kappa shape index (κ2) is 12.4. The molecule has 0 aliphatic carbocycles. The van der Waals surface area contributed by atoms with Crippen LogP contribution in [0.1, 0.15) is 40.9 Å². The lowest BCUT2D eigenvalue weighted by Gasteiger charge is -2.29. The molecule has 9 heteroatoms. The number of hydrogen-bond donors (Lipinski definition) is 1. The van der Waals surface area contributed by atoms with E-state index in [0.29, 0.717) is 25.1 Å². The van der Waals surface area contributed by atoms with Crippen molar-refractivity contribution in [2.75, 3.05) is 19.6 Å². The van der Waals surface area contributed by atoms with E-state index in [2.05, 4.69) is 4.98 Å². The number of fused-ring (bicyclic) bond motifs is 1. The van der Waals surface area contributed by atoms with Crippen molar-refractivity contribution in [3.63, 3.8) is 0 Å². The van der Waals surface area contributed by atoms with Crippen LogP contribution in [0.4, 0.5) is 17.6 Å². The molecule has 0 saturated carbocycles. The number of alkyl halides is 3. The summed E-state index contributed by atoms with van der Waals surface area (Å²) in [6.45, 7) is 4.31. The van der Waals surface area contributed by atoms with Gasteiger partial charge in [0.25, 0.3) is 5.91 Å². The Balaban J connectivity index is 1.57. The number of carbonyl (C=O) groups excluding carboxylic acids is 2. The van der Waals surface area contributed by atoms with E-state index in [4.69, 9.17) is 0 Å². The molecule has 1 heterocycles. The molecule has 4 aromatic rings. The maximum atomic E-state index is 13.7. The Labute approximate surface area is 230 Å². The summed E-state index contributed by atoms with van der Waals surface area (Å²) in [4.78, 5) is 33.1. The predicted octanol–water partition coefficient (Wildman–Crippen LogP) is 6.70. The number of nitrogens with zero attached hydrogens (tertiary/aromatic N) is 2. The zero-order valence-corrected chi connectivity index (χ0v) is 22.3. The Kier molecular flexibility index (Phi) is 8.92. The highest BCUT2D eigenvalue weighted by atomic mass is 19.4. The summed E-state index contributed by atoms with van der Waals surface area (Å²) < 4.78 is 52.6. The Morgan fingerprint density at radius 1 is 0.900 bits per heavy atom. The second-order valence-corrected chi connectivity index (χ2v) is 10.2. The number of para-hydroxylation sites is 1. The molecule has 40 heavy (non-hydrogen) atoms. The lowest BCUT2D eigenvalue weighted by Crippen LogP contribution is -2.44. The molecular formula is C31H31F4N3O2. The third kappa shape index (κ3) is 7.28. The molecule has 0 saturated heterocycles. The third-order valence-corrected chi connectivity index (χ3v) is 6.62. The molecule has 4 rings (SSSR count). The number of carbonyl (C=O) groups is 2. The van der Waals surface area contributed by atoms with Gasteiger partial charge in [0, 0.05) is 42.3 Å². The highest BCUT2D eigenvalue weighted by molar-refractivity contribution is 5.96. The Morgan fingerprint density at radius 3 is 2.23 bits per heavy atom. The first-order valence-corrected chi connectivity index (χ1v) is 13.0. The molecule has 0 aliphatic rings. The van der Waals surface area contributed by atoms with E-state index < -0.39 is 23.5 Å². The highest BCUT2D eigenvalue weighted by Crippen LogP contribution is 2.29. The van der Waals surface area contributed by atoms with Gasteiger partial charge in [-0.3, -0.25) is 9.59 Å². The monoisotopic (exact) mass is 553 g/mol. The zero-order valence-electron chi connectivity index (χ0n) is 22.3. The van der Waals surface area contributed by atoms with Crippen molar-refractivity contribution in [3.8, 4) is 0 Å². The molecular weight excluding hydrogens is 522 g/mol. The van der Waals surface area contributed by atoms with Gasteiger partial charge in [0.1, 0.15) is 12.4 Å². The minimum Gasteiger partial charge on any atom is -0.361 e. The van der Waals surface area contributed by atoms with Gasteiger partial charge < -0.3 is 14.8 Å². The van der Waals surface area contributed by atoms with Crippen LogP contribution < -0.4 is 0 Å². The first-order chi connectivity index (χ1) is 19.0. The molecule has 210 valence electrons. The van der Waals surface area contributed by atoms with Crippen molar-refractivity contribution in [1.29, 1.82) is 0 Å². The van der Waals surface area contributed by atoms with Crippen molar-refractivity contribution in [1.82, 2.24) is 14.8 Å². The number of nitrogens with one attached hydrogen (secondary N) is 1. The summed E-state index contributed by atoms with van der Waals surface area (Å²) >= 11 is 0. The number of hydrogen-bond acceptors (Lipinski definition) is 2. The average Bonchev–Trinajstić information content (AvgIpc) is 3.33. The van der Waals surface area contributed by atoms with Crippen molar-refractivity contribution in [3.05, 3.63) is 107 Å². The zero-order chi connectivity index (χ0) is 28.9. The first-order valence-electron chi connectivity index (χ1n) is 13.0. The van der Waals surface area contributed by atoms with Crippen LogP contribution in [0.5, 0.6) is 0 Å². The van der Waals surface area contributed by atoms with Gasteiger partial charge in [-0.15, -0.1) is 0 Å². The lowest BCUT2D eigenvalue weighted by molar-refractivity contribution is -0.137. The van der Waals surface area contributed by atoms with Crippen molar-refractivity contribution in [2.45, 2.75) is 33.0 Å². The molecule has 5 nitrogen and oxygen atoms in total. The van der Waals surface area contributed by atoms with E-state index in [1.807, 2.05) is 44.3 Å². The van der Waals surface area contributed by atoms with E-state index in [-0.39, 0.29) is 30.5 Å². The smallest absolute Gasteiger partial charge is 0.361 e. The molecule has 1 aromatic heterocycles. The van der Waals surface area contributed by atoms with Crippen molar-refractivity contribution < 1.29 is 27.2 Å². The molecule has 2 amide bonds. The highest BCUT2D eigenvalue weighted by Gasteiger charge is 2.30. The largest absolute Gasteiger partial charge is 0.416 e. The number of rotatable bonds is 10. The van der Waals surface area contributed by atoms with Crippen molar-refractivity contribution in [2.24, 2.45) is 5.92 Å². The molecule has 1 N–H and O–H groups in total. The average molecular weight is 554 g/mol. The van der Waals surface area contributed by atoms with Crippen molar-refractivity contribution >= 4 is 22.7 Å². The van der Waals surface area contributed by atoms with Crippen LogP contribution in [0, 0.1) is 11.7 Å². The van der Waals surface area contributed by atoms with E-state index in [9.17, 15) is 27.2 Å². The van der Waals surface area contributed by atoms with Gasteiger partial charge in [0.05, 0.1) is 5.56 Å².